The number of aromatic nitrogens is 3. The van der Waals surface area contributed by atoms with Gasteiger partial charge in [-0.1, -0.05) is 23.7 Å². The fourth-order valence-corrected chi connectivity index (χ4v) is 2.52. The van der Waals surface area contributed by atoms with E-state index in [2.05, 4.69) is 17.2 Å². The van der Waals surface area contributed by atoms with Gasteiger partial charge >= 0.3 is 0 Å². The van der Waals surface area contributed by atoms with Crippen LogP contribution < -0.4 is 0 Å². The average molecular weight is 321 g/mol. The minimum atomic E-state index is -0.109. The number of nitrogens with zero attached hydrogens (tertiary/aromatic N) is 4. The molecule has 1 aliphatic rings. The van der Waals surface area contributed by atoms with Crippen molar-refractivity contribution in [1.29, 1.82) is 0 Å². The van der Waals surface area contributed by atoms with Crippen molar-refractivity contribution in [3.8, 4) is 5.69 Å². The Bertz CT molecular complexity index is 656. The molecule has 7 heteroatoms. The van der Waals surface area contributed by atoms with Crippen LogP contribution in [0, 0.1) is 0 Å². The maximum absolute atomic E-state index is 12.5. The molecule has 0 radical (unpaired) electrons. The number of hydrogen-bond donors (Lipinski definition) is 0. The van der Waals surface area contributed by atoms with Gasteiger partial charge in [0.25, 0.3) is 5.91 Å². The molecule has 3 rings (SSSR count). The third-order valence-electron chi connectivity index (χ3n) is 3.69. The van der Waals surface area contributed by atoms with Gasteiger partial charge in [0, 0.05) is 18.1 Å². The molecule has 2 heterocycles. The third kappa shape index (κ3) is 3.13. The van der Waals surface area contributed by atoms with E-state index in [0.717, 1.165) is 12.1 Å². The first kappa shape index (κ1) is 15.0. The van der Waals surface area contributed by atoms with E-state index in [9.17, 15) is 4.79 Å². The Morgan fingerprint density at radius 2 is 2.18 bits per heavy atom. The molecule has 2 aromatic rings. The van der Waals surface area contributed by atoms with Crippen molar-refractivity contribution in [1.82, 2.24) is 19.9 Å². The van der Waals surface area contributed by atoms with Gasteiger partial charge in [0.05, 0.1) is 24.6 Å². The third-order valence-corrected chi connectivity index (χ3v) is 3.94. The monoisotopic (exact) mass is 320 g/mol. The van der Waals surface area contributed by atoms with Crippen molar-refractivity contribution < 1.29 is 9.53 Å². The summed E-state index contributed by atoms with van der Waals surface area (Å²) in [5.41, 5.74) is 1.15. The highest BCUT2D eigenvalue weighted by atomic mass is 35.5. The standard InChI is InChI=1S/C15H17ClN4O2/c1-2-13-9-19(7-8-22-13)15(21)14-10-20(18-17-14)12-5-3-11(16)4-6-12/h3-6,10,13H,2,7-9H2,1H3/t13-/m1/s1. The number of ether oxygens (including phenoxy) is 1. The summed E-state index contributed by atoms with van der Waals surface area (Å²) in [5, 5.41) is 8.66. The second-order valence-electron chi connectivity index (χ2n) is 5.18. The van der Waals surface area contributed by atoms with Crippen LogP contribution in [0.5, 0.6) is 0 Å². The van der Waals surface area contributed by atoms with E-state index in [1.54, 1.807) is 27.9 Å². The number of hydrogen-bond acceptors (Lipinski definition) is 4. The number of amides is 1. The van der Waals surface area contributed by atoms with Crippen molar-refractivity contribution in [3.05, 3.63) is 41.2 Å². The van der Waals surface area contributed by atoms with E-state index in [0.29, 0.717) is 30.4 Å². The van der Waals surface area contributed by atoms with Gasteiger partial charge in [-0.2, -0.15) is 0 Å². The Labute approximate surface area is 133 Å². The van der Waals surface area contributed by atoms with E-state index in [4.69, 9.17) is 16.3 Å². The topological polar surface area (TPSA) is 60.2 Å². The Balaban J connectivity index is 1.75. The first-order valence-corrected chi connectivity index (χ1v) is 7.64. The second-order valence-corrected chi connectivity index (χ2v) is 5.61. The summed E-state index contributed by atoms with van der Waals surface area (Å²) in [6.07, 6.45) is 2.63. The lowest BCUT2D eigenvalue weighted by atomic mass is 10.2. The van der Waals surface area contributed by atoms with Crippen LogP contribution in [0.1, 0.15) is 23.8 Å². The van der Waals surface area contributed by atoms with Gasteiger partial charge in [-0.05, 0) is 30.7 Å². The zero-order valence-electron chi connectivity index (χ0n) is 12.3. The predicted octanol–water partition coefficient (Wildman–Crippen LogP) is 2.17. The maximum atomic E-state index is 12.5. The summed E-state index contributed by atoms with van der Waals surface area (Å²) in [6.45, 7) is 3.80. The largest absolute Gasteiger partial charge is 0.375 e. The molecule has 116 valence electrons. The molecular weight excluding hydrogens is 304 g/mol. The van der Waals surface area contributed by atoms with E-state index < -0.39 is 0 Å². The molecule has 1 amide bonds. The Hall–Kier alpha value is -1.92. The van der Waals surface area contributed by atoms with Crippen molar-refractivity contribution in [2.75, 3.05) is 19.7 Å². The molecule has 0 N–H and O–H groups in total. The molecule has 1 aromatic heterocycles. The number of halogens is 1. The molecule has 1 atom stereocenters. The number of morpholine rings is 1. The van der Waals surface area contributed by atoms with Crippen LogP contribution in [0.3, 0.4) is 0 Å². The molecule has 0 aliphatic carbocycles. The van der Waals surface area contributed by atoms with Crippen LogP contribution in [0.4, 0.5) is 0 Å². The smallest absolute Gasteiger partial charge is 0.276 e. The normalized spacial score (nSPS) is 18.5. The number of rotatable bonds is 3. The molecule has 1 aliphatic heterocycles. The van der Waals surface area contributed by atoms with Gasteiger partial charge in [0.15, 0.2) is 5.69 Å². The Morgan fingerprint density at radius 1 is 1.41 bits per heavy atom. The molecule has 0 saturated carbocycles. The minimum Gasteiger partial charge on any atom is -0.375 e. The van der Waals surface area contributed by atoms with Crippen molar-refractivity contribution in [2.24, 2.45) is 0 Å². The number of carbonyl (C=O) groups is 1. The van der Waals surface area contributed by atoms with Crippen LogP contribution in [-0.4, -0.2) is 51.6 Å². The quantitative estimate of drug-likeness (QED) is 0.869. The van der Waals surface area contributed by atoms with Crippen LogP contribution in [0.25, 0.3) is 5.69 Å². The fourth-order valence-electron chi connectivity index (χ4n) is 2.39. The van der Waals surface area contributed by atoms with E-state index in [-0.39, 0.29) is 12.0 Å². The summed E-state index contributed by atoms with van der Waals surface area (Å²) in [7, 11) is 0. The summed E-state index contributed by atoms with van der Waals surface area (Å²) in [6, 6.07) is 7.20. The molecule has 0 bridgehead atoms. The van der Waals surface area contributed by atoms with Crippen molar-refractivity contribution in [3.63, 3.8) is 0 Å². The number of carbonyl (C=O) groups excluding carboxylic acids is 1. The zero-order chi connectivity index (χ0) is 15.5. The molecular formula is C15H17ClN4O2. The minimum absolute atomic E-state index is 0.101. The lowest BCUT2D eigenvalue weighted by Gasteiger charge is -2.31. The molecule has 22 heavy (non-hydrogen) atoms. The zero-order valence-corrected chi connectivity index (χ0v) is 13.0. The molecule has 6 nitrogen and oxygen atoms in total. The highest BCUT2D eigenvalue weighted by Crippen LogP contribution is 2.14. The molecule has 0 unspecified atom stereocenters. The van der Waals surface area contributed by atoms with Gasteiger partial charge in [-0.15, -0.1) is 5.10 Å². The Morgan fingerprint density at radius 3 is 2.91 bits per heavy atom. The summed E-state index contributed by atoms with van der Waals surface area (Å²) < 4.78 is 7.15. The lowest BCUT2D eigenvalue weighted by molar-refractivity contribution is -0.0228. The molecule has 0 spiro atoms. The fraction of sp³-hybridized carbons (Fsp3) is 0.400. The van der Waals surface area contributed by atoms with Gasteiger partial charge in [0.1, 0.15) is 0 Å². The van der Waals surface area contributed by atoms with Gasteiger partial charge < -0.3 is 9.64 Å². The van der Waals surface area contributed by atoms with Gasteiger partial charge in [-0.25, -0.2) is 4.68 Å². The summed E-state index contributed by atoms with van der Waals surface area (Å²) in [4.78, 5) is 14.3. The second kappa shape index (κ2) is 6.46. The highest BCUT2D eigenvalue weighted by Gasteiger charge is 2.25. The van der Waals surface area contributed by atoms with E-state index in [1.165, 1.54) is 0 Å². The van der Waals surface area contributed by atoms with Crippen LogP contribution in [0.2, 0.25) is 5.02 Å². The molecule has 1 aromatic carbocycles. The predicted molar refractivity (Wildman–Crippen MR) is 82.3 cm³/mol. The van der Waals surface area contributed by atoms with E-state index >= 15 is 0 Å². The summed E-state index contributed by atoms with van der Waals surface area (Å²) in [5.74, 6) is -0.109. The average Bonchev–Trinajstić information content (AvgIpc) is 3.05. The van der Waals surface area contributed by atoms with Gasteiger partial charge in [-0.3, -0.25) is 4.79 Å². The van der Waals surface area contributed by atoms with Crippen molar-refractivity contribution >= 4 is 17.5 Å². The van der Waals surface area contributed by atoms with Gasteiger partial charge in [0.2, 0.25) is 0 Å². The lowest BCUT2D eigenvalue weighted by Crippen LogP contribution is -2.45. The van der Waals surface area contributed by atoms with Crippen molar-refractivity contribution in [2.45, 2.75) is 19.4 Å². The van der Waals surface area contributed by atoms with Crippen LogP contribution in [-0.2, 0) is 4.74 Å². The number of benzene rings is 1. The van der Waals surface area contributed by atoms with Crippen LogP contribution in [0.15, 0.2) is 30.5 Å². The SMILES string of the molecule is CC[C@@H]1CN(C(=O)c2cn(-c3ccc(Cl)cc3)nn2)CCO1. The molecule has 1 fully saturated rings. The maximum Gasteiger partial charge on any atom is 0.276 e. The Kier molecular flexibility index (Phi) is 4.40. The van der Waals surface area contributed by atoms with Crippen LogP contribution >= 0.6 is 11.6 Å². The highest BCUT2D eigenvalue weighted by molar-refractivity contribution is 6.30. The summed E-state index contributed by atoms with van der Waals surface area (Å²) >= 11 is 5.87. The van der Waals surface area contributed by atoms with E-state index in [1.807, 2.05) is 12.1 Å². The first-order valence-electron chi connectivity index (χ1n) is 7.26. The molecule has 1 saturated heterocycles. The first-order chi connectivity index (χ1) is 10.7.